The summed E-state index contributed by atoms with van der Waals surface area (Å²) in [4.78, 5) is 20.2. The zero-order valence-electron chi connectivity index (χ0n) is 11.8. The van der Waals surface area contributed by atoms with Gasteiger partial charge in [-0.15, -0.1) is 0 Å². The van der Waals surface area contributed by atoms with Crippen molar-refractivity contribution < 1.29 is 9.53 Å². The van der Waals surface area contributed by atoms with E-state index >= 15 is 0 Å². The third-order valence-corrected chi connectivity index (χ3v) is 3.10. The summed E-state index contributed by atoms with van der Waals surface area (Å²) in [6.07, 6.45) is 7.89. The molecule has 1 aliphatic rings. The minimum absolute atomic E-state index is 0.155. The first-order valence-corrected chi connectivity index (χ1v) is 7.13. The number of rotatable bonds is 6. The normalized spacial score (nSPS) is 14.4. The average molecular weight is 272 g/mol. The fourth-order valence-electron chi connectivity index (χ4n) is 1.99. The molecule has 0 radical (unpaired) electrons. The summed E-state index contributed by atoms with van der Waals surface area (Å²) in [6.45, 7) is 2.11. The first-order valence-electron chi connectivity index (χ1n) is 7.13. The van der Waals surface area contributed by atoms with Crippen LogP contribution in [0.5, 0.6) is 5.75 Å². The highest BCUT2D eigenvalue weighted by molar-refractivity contribution is 5.81. The maximum atomic E-state index is 11.6. The van der Waals surface area contributed by atoms with Gasteiger partial charge in [0.25, 0.3) is 0 Å². The second kappa shape index (κ2) is 7.58. The molecule has 1 aliphatic heterocycles. The number of benzene rings is 1. The van der Waals surface area contributed by atoms with E-state index in [9.17, 15) is 4.79 Å². The fourth-order valence-corrected chi connectivity index (χ4v) is 1.99. The minimum atomic E-state index is -0.167. The molecular weight excluding hydrogens is 252 g/mol. The third-order valence-electron chi connectivity index (χ3n) is 3.10. The Morgan fingerprint density at radius 3 is 2.55 bits per heavy atom. The number of ether oxygens (including phenoxy) is 1. The number of hydrogen-bond acceptors (Lipinski definition) is 4. The van der Waals surface area contributed by atoms with E-state index in [1.165, 1.54) is 0 Å². The Labute approximate surface area is 119 Å². The van der Waals surface area contributed by atoms with Crippen molar-refractivity contribution in [3.63, 3.8) is 0 Å². The van der Waals surface area contributed by atoms with Crippen molar-refractivity contribution in [1.82, 2.24) is 0 Å². The van der Waals surface area contributed by atoms with Crippen molar-refractivity contribution in [2.24, 2.45) is 9.98 Å². The lowest BCUT2D eigenvalue weighted by Gasteiger charge is -2.11. The molecule has 0 unspecified atom stereocenters. The van der Waals surface area contributed by atoms with Gasteiger partial charge in [-0.25, -0.2) is 0 Å². The molecule has 0 aromatic heterocycles. The molecule has 2 rings (SSSR count). The standard InChI is InChI=1S/C16H20N2O2/c1-2-3-4-6-15(19)20-14-9-7-13(8-10-14)16-17-11-5-12-18-16/h7-12,16H,2-6H2,1H3. The molecule has 0 saturated heterocycles. The lowest BCUT2D eigenvalue weighted by molar-refractivity contribution is -0.134. The fraction of sp³-hybridized carbons (Fsp3) is 0.438. The Kier molecular flexibility index (Phi) is 5.47. The van der Waals surface area contributed by atoms with Crippen molar-refractivity contribution in [2.75, 3.05) is 0 Å². The molecule has 0 amide bonds. The van der Waals surface area contributed by atoms with Crippen molar-refractivity contribution >= 4 is 18.4 Å². The van der Waals surface area contributed by atoms with Gasteiger partial charge in [0, 0.05) is 25.3 Å². The predicted octanol–water partition coefficient (Wildman–Crippen LogP) is 3.72. The van der Waals surface area contributed by atoms with Gasteiger partial charge in [0.05, 0.1) is 0 Å². The van der Waals surface area contributed by atoms with Gasteiger partial charge < -0.3 is 4.74 Å². The molecule has 4 nitrogen and oxygen atoms in total. The zero-order chi connectivity index (χ0) is 14.2. The van der Waals surface area contributed by atoms with Crippen LogP contribution >= 0.6 is 0 Å². The van der Waals surface area contributed by atoms with Gasteiger partial charge in [-0.2, -0.15) is 0 Å². The molecule has 0 atom stereocenters. The Bertz CT molecular complexity index is 480. The van der Waals surface area contributed by atoms with Crippen LogP contribution < -0.4 is 4.74 Å². The molecule has 0 aliphatic carbocycles. The van der Waals surface area contributed by atoms with Gasteiger partial charge >= 0.3 is 5.97 Å². The number of hydrogen-bond donors (Lipinski definition) is 0. The number of unbranched alkanes of at least 4 members (excludes halogenated alkanes) is 2. The molecular formula is C16H20N2O2. The van der Waals surface area contributed by atoms with E-state index in [0.717, 1.165) is 31.2 Å². The highest BCUT2D eigenvalue weighted by atomic mass is 16.5. The van der Waals surface area contributed by atoms with Crippen LogP contribution in [0.4, 0.5) is 0 Å². The Balaban J connectivity index is 1.88. The van der Waals surface area contributed by atoms with Crippen LogP contribution in [0.1, 0.15) is 50.8 Å². The third kappa shape index (κ3) is 4.30. The minimum Gasteiger partial charge on any atom is -0.427 e. The zero-order valence-corrected chi connectivity index (χ0v) is 11.8. The van der Waals surface area contributed by atoms with Crippen molar-refractivity contribution in [3.05, 3.63) is 29.8 Å². The summed E-state index contributed by atoms with van der Waals surface area (Å²) in [7, 11) is 0. The maximum Gasteiger partial charge on any atom is 0.311 e. The van der Waals surface area contributed by atoms with Crippen LogP contribution in [0.3, 0.4) is 0 Å². The van der Waals surface area contributed by atoms with E-state index in [1.54, 1.807) is 12.1 Å². The summed E-state index contributed by atoms with van der Waals surface area (Å²) in [5, 5.41) is 0. The number of nitrogens with zero attached hydrogens (tertiary/aromatic N) is 2. The summed E-state index contributed by atoms with van der Waals surface area (Å²) in [6, 6.07) is 7.40. The smallest absolute Gasteiger partial charge is 0.311 e. The van der Waals surface area contributed by atoms with Gasteiger partial charge in [0.2, 0.25) is 0 Å². The summed E-state index contributed by atoms with van der Waals surface area (Å²) < 4.78 is 5.29. The molecule has 0 spiro atoms. The number of aliphatic imine (C=N–C) groups is 2. The average Bonchev–Trinajstić information content (AvgIpc) is 2.49. The van der Waals surface area contributed by atoms with Crippen molar-refractivity contribution in [2.45, 2.75) is 45.2 Å². The Hall–Kier alpha value is -1.97. The van der Waals surface area contributed by atoms with Crippen LogP contribution in [-0.4, -0.2) is 18.4 Å². The van der Waals surface area contributed by atoms with Gasteiger partial charge in [0.15, 0.2) is 6.17 Å². The van der Waals surface area contributed by atoms with Crippen molar-refractivity contribution in [1.29, 1.82) is 0 Å². The first-order chi connectivity index (χ1) is 9.79. The number of esters is 1. The van der Waals surface area contributed by atoms with Crippen LogP contribution in [0, 0.1) is 0 Å². The molecule has 0 bridgehead atoms. The predicted molar refractivity (Wildman–Crippen MR) is 80.6 cm³/mol. The molecule has 0 N–H and O–H groups in total. The van der Waals surface area contributed by atoms with E-state index in [0.29, 0.717) is 12.2 Å². The largest absolute Gasteiger partial charge is 0.427 e. The van der Waals surface area contributed by atoms with Crippen molar-refractivity contribution in [3.8, 4) is 5.75 Å². The van der Waals surface area contributed by atoms with E-state index in [-0.39, 0.29) is 12.1 Å². The van der Waals surface area contributed by atoms with Gasteiger partial charge in [-0.3, -0.25) is 14.8 Å². The number of carbonyl (C=O) groups is 1. The van der Waals surface area contributed by atoms with Crippen LogP contribution in [0.15, 0.2) is 34.3 Å². The van der Waals surface area contributed by atoms with Crippen LogP contribution in [-0.2, 0) is 4.79 Å². The highest BCUT2D eigenvalue weighted by Gasteiger charge is 2.09. The lowest BCUT2D eigenvalue weighted by atomic mass is 10.1. The molecule has 1 aromatic carbocycles. The lowest BCUT2D eigenvalue weighted by Crippen LogP contribution is -2.07. The van der Waals surface area contributed by atoms with Gasteiger partial charge in [0.1, 0.15) is 5.75 Å². The van der Waals surface area contributed by atoms with E-state index in [1.807, 2.05) is 24.6 Å². The quantitative estimate of drug-likeness (QED) is 0.450. The first kappa shape index (κ1) is 14.4. The topological polar surface area (TPSA) is 51.0 Å². The molecule has 4 heteroatoms. The highest BCUT2D eigenvalue weighted by Crippen LogP contribution is 2.23. The van der Waals surface area contributed by atoms with Crippen LogP contribution in [0.25, 0.3) is 0 Å². The molecule has 106 valence electrons. The van der Waals surface area contributed by atoms with E-state index in [2.05, 4.69) is 16.9 Å². The summed E-state index contributed by atoms with van der Waals surface area (Å²) in [5.74, 6) is 0.416. The second-order valence-electron chi connectivity index (χ2n) is 4.77. The van der Waals surface area contributed by atoms with Gasteiger partial charge in [-0.05, 0) is 24.1 Å². The molecule has 20 heavy (non-hydrogen) atoms. The molecule has 0 saturated carbocycles. The maximum absolute atomic E-state index is 11.6. The van der Waals surface area contributed by atoms with E-state index in [4.69, 9.17) is 4.74 Å². The summed E-state index contributed by atoms with van der Waals surface area (Å²) >= 11 is 0. The van der Waals surface area contributed by atoms with Gasteiger partial charge in [-0.1, -0.05) is 31.9 Å². The Morgan fingerprint density at radius 1 is 1.20 bits per heavy atom. The molecule has 1 heterocycles. The second-order valence-corrected chi connectivity index (χ2v) is 4.77. The number of carbonyl (C=O) groups excluding carboxylic acids is 1. The summed E-state index contributed by atoms with van der Waals surface area (Å²) in [5.41, 5.74) is 1.00. The molecule has 0 fully saturated rings. The van der Waals surface area contributed by atoms with Crippen LogP contribution in [0.2, 0.25) is 0 Å². The monoisotopic (exact) mass is 272 g/mol. The molecule has 1 aromatic rings. The SMILES string of the molecule is CCCCCC(=O)Oc1ccc(C2N=CCC=N2)cc1. The Morgan fingerprint density at radius 2 is 1.90 bits per heavy atom. The van der Waals surface area contributed by atoms with E-state index < -0.39 is 0 Å².